The predicted octanol–water partition coefficient (Wildman–Crippen LogP) is 6.87. The summed E-state index contributed by atoms with van der Waals surface area (Å²) in [6.45, 7) is 15.2. The van der Waals surface area contributed by atoms with E-state index >= 15 is 0 Å². The zero-order valence-corrected chi connectivity index (χ0v) is 32.8. The Labute approximate surface area is 314 Å². The molecule has 2 aliphatic carbocycles. The number of hydrogen-bond donors (Lipinski definition) is 0. The normalized spacial score (nSPS) is 20.2. The number of ether oxygens (including phenoxy) is 2. The Balaban J connectivity index is 1.09. The summed E-state index contributed by atoms with van der Waals surface area (Å²) in [6, 6.07) is 13.1. The lowest BCUT2D eigenvalue weighted by molar-refractivity contribution is -0.130. The Morgan fingerprint density at radius 1 is 1.02 bits per heavy atom. The Morgan fingerprint density at radius 2 is 1.72 bits per heavy atom. The van der Waals surface area contributed by atoms with Crippen molar-refractivity contribution in [2.45, 2.75) is 91.4 Å². The number of carbonyl (C=O) groups is 1. The average molecular weight is 718 g/mol. The highest BCUT2D eigenvalue weighted by Gasteiger charge is 2.51. The number of rotatable bonds is 9. The molecule has 53 heavy (non-hydrogen) atoms. The molecule has 280 valence electrons. The topological polar surface area (TPSA) is 91.0 Å². The Bertz CT molecular complexity index is 2030. The van der Waals surface area contributed by atoms with Crippen LogP contribution < -0.4 is 15.0 Å². The first-order valence-corrected chi connectivity index (χ1v) is 19.2. The fourth-order valence-electron chi connectivity index (χ4n) is 8.89. The van der Waals surface area contributed by atoms with Gasteiger partial charge < -0.3 is 18.9 Å². The molecule has 0 unspecified atom stereocenters. The summed E-state index contributed by atoms with van der Waals surface area (Å²) in [5.41, 5.74) is 8.97. The number of carbonyl (C=O) groups excluding carboxylic acids is 1. The van der Waals surface area contributed by atoms with E-state index in [1.165, 1.54) is 29.5 Å². The largest absolute Gasteiger partial charge is 0.496 e. The fourth-order valence-corrected chi connectivity index (χ4v) is 8.89. The number of piperazine rings is 1. The van der Waals surface area contributed by atoms with Gasteiger partial charge in [-0.05, 0) is 97.2 Å². The smallest absolute Gasteiger partial charge is 0.264 e. The van der Waals surface area contributed by atoms with Gasteiger partial charge >= 0.3 is 0 Å². The molecule has 3 heterocycles. The van der Waals surface area contributed by atoms with Gasteiger partial charge in [0.2, 0.25) is 0 Å². The van der Waals surface area contributed by atoms with Crippen molar-refractivity contribution in [3.05, 3.63) is 91.9 Å². The van der Waals surface area contributed by atoms with Crippen molar-refractivity contribution in [1.29, 1.82) is 5.26 Å². The predicted molar refractivity (Wildman–Crippen MR) is 208 cm³/mol. The minimum Gasteiger partial charge on any atom is -0.496 e. The van der Waals surface area contributed by atoms with Crippen molar-refractivity contribution < 1.29 is 14.3 Å². The Hall–Kier alpha value is -4.39. The first-order chi connectivity index (χ1) is 25.3. The average Bonchev–Trinajstić information content (AvgIpc) is 4.09. The van der Waals surface area contributed by atoms with Crippen LogP contribution in [0.5, 0.6) is 11.5 Å². The third kappa shape index (κ3) is 7.16. The van der Waals surface area contributed by atoms with Crippen molar-refractivity contribution in [3.63, 3.8) is 0 Å². The molecule has 1 aromatic heterocycles. The second kappa shape index (κ2) is 14.1. The summed E-state index contributed by atoms with van der Waals surface area (Å²) in [5.74, 6) is 1.92. The van der Waals surface area contributed by atoms with Gasteiger partial charge in [0, 0.05) is 69.2 Å². The number of aromatic nitrogens is 1. The molecule has 9 heteroatoms. The van der Waals surface area contributed by atoms with E-state index in [1.807, 2.05) is 51.8 Å². The molecular weight excluding hydrogens is 663 g/mol. The van der Waals surface area contributed by atoms with Crippen LogP contribution in [0.3, 0.4) is 0 Å². The maximum atomic E-state index is 13.8. The van der Waals surface area contributed by atoms with Crippen molar-refractivity contribution in [1.82, 2.24) is 19.3 Å². The van der Waals surface area contributed by atoms with Gasteiger partial charge in [-0.1, -0.05) is 45.0 Å². The number of allylic oxidation sites excluding steroid dienone is 1. The number of fused-ring (bicyclic) bond motifs is 1. The SMILES string of the molecule is COc1cc(-c2cn(C)c(=O)c(C)c2C)cc(OC)c1CN1CCN(Cc2cccc3c2CCN(C(=O)/C(C#N)=C/C(C)(C)C)[C@H]3C2CC2)C2(CC2)C1. The Kier molecular flexibility index (Phi) is 9.84. The maximum absolute atomic E-state index is 13.8. The van der Waals surface area contributed by atoms with Crippen LogP contribution in [0.25, 0.3) is 11.1 Å². The Morgan fingerprint density at radius 3 is 2.32 bits per heavy atom. The van der Waals surface area contributed by atoms with Gasteiger partial charge in [0.15, 0.2) is 0 Å². The highest BCUT2D eigenvalue weighted by molar-refractivity contribution is 5.97. The van der Waals surface area contributed by atoms with E-state index in [1.54, 1.807) is 25.8 Å². The van der Waals surface area contributed by atoms with Crippen molar-refractivity contribution >= 4 is 5.91 Å². The third-order valence-electron chi connectivity index (χ3n) is 12.1. The monoisotopic (exact) mass is 717 g/mol. The lowest BCUT2D eigenvalue weighted by atomic mass is 9.85. The highest BCUT2D eigenvalue weighted by Crippen LogP contribution is 2.50. The number of benzene rings is 2. The molecule has 1 spiro atoms. The summed E-state index contributed by atoms with van der Waals surface area (Å²) in [4.78, 5) is 33.7. The minimum absolute atomic E-state index is 0.0162. The summed E-state index contributed by atoms with van der Waals surface area (Å²) < 4.78 is 13.6. The van der Waals surface area contributed by atoms with Crippen LogP contribution in [0.2, 0.25) is 0 Å². The number of hydrogen-bond acceptors (Lipinski definition) is 7. The van der Waals surface area contributed by atoms with Crippen LogP contribution >= 0.6 is 0 Å². The maximum Gasteiger partial charge on any atom is 0.264 e. The molecule has 0 radical (unpaired) electrons. The van der Waals surface area contributed by atoms with Crippen LogP contribution in [-0.2, 0) is 31.4 Å². The van der Waals surface area contributed by atoms with E-state index in [0.717, 1.165) is 91.3 Å². The molecule has 9 nitrogen and oxygen atoms in total. The molecule has 7 rings (SSSR count). The quantitative estimate of drug-likeness (QED) is 0.176. The number of amides is 1. The van der Waals surface area contributed by atoms with Crippen LogP contribution in [-0.4, -0.2) is 71.1 Å². The molecule has 2 aromatic carbocycles. The number of nitrogens with zero attached hydrogens (tertiary/aromatic N) is 5. The summed E-state index contributed by atoms with van der Waals surface area (Å²) >= 11 is 0. The van der Waals surface area contributed by atoms with E-state index < -0.39 is 0 Å². The summed E-state index contributed by atoms with van der Waals surface area (Å²) in [6.07, 6.45) is 9.16. The van der Waals surface area contributed by atoms with Gasteiger partial charge in [0.25, 0.3) is 11.5 Å². The number of pyridine rings is 1. The van der Waals surface area contributed by atoms with E-state index in [-0.39, 0.29) is 34.0 Å². The zero-order chi connectivity index (χ0) is 37.8. The van der Waals surface area contributed by atoms with Crippen molar-refractivity contribution in [2.75, 3.05) is 40.4 Å². The second-order valence-electron chi connectivity index (χ2n) is 17.0. The van der Waals surface area contributed by atoms with Crippen LogP contribution in [0, 0.1) is 36.5 Å². The van der Waals surface area contributed by atoms with Crippen LogP contribution in [0.1, 0.15) is 85.9 Å². The molecule has 2 aliphatic heterocycles. The molecule has 4 aliphatic rings. The van der Waals surface area contributed by atoms with Gasteiger partial charge in [-0.2, -0.15) is 5.26 Å². The fraction of sp³-hybridized carbons (Fsp3) is 0.523. The van der Waals surface area contributed by atoms with Crippen LogP contribution in [0.15, 0.2) is 53.0 Å². The van der Waals surface area contributed by atoms with Crippen LogP contribution in [0.4, 0.5) is 0 Å². The first-order valence-electron chi connectivity index (χ1n) is 19.2. The van der Waals surface area contributed by atoms with Crippen molar-refractivity contribution in [2.24, 2.45) is 18.4 Å². The molecule has 0 N–H and O–H groups in total. The van der Waals surface area contributed by atoms with Gasteiger partial charge in [0.05, 0.1) is 25.8 Å². The van der Waals surface area contributed by atoms with E-state index in [0.29, 0.717) is 12.5 Å². The molecular formula is C44H55N5O4. The molecule has 1 amide bonds. The van der Waals surface area contributed by atoms with Gasteiger partial charge in [0.1, 0.15) is 23.1 Å². The highest BCUT2D eigenvalue weighted by atomic mass is 16.5. The lowest BCUT2D eigenvalue weighted by Gasteiger charge is -2.43. The number of nitriles is 1. The number of methoxy groups -OCH3 is 2. The van der Waals surface area contributed by atoms with Gasteiger partial charge in [-0.15, -0.1) is 0 Å². The molecule has 1 atom stereocenters. The summed E-state index contributed by atoms with van der Waals surface area (Å²) in [7, 11) is 5.23. The lowest BCUT2D eigenvalue weighted by Crippen LogP contribution is -2.54. The van der Waals surface area contributed by atoms with Crippen molar-refractivity contribution in [3.8, 4) is 28.7 Å². The molecule has 2 saturated carbocycles. The second-order valence-corrected chi connectivity index (χ2v) is 17.0. The molecule has 0 bridgehead atoms. The minimum atomic E-state index is -0.244. The molecule has 1 saturated heterocycles. The summed E-state index contributed by atoms with van der Waals surface area (Å²) in [5, 5.41) is 9.95. The third-order valence-corrected chi connectivity index (χ3v) is 12.1. The van der Waals surface area contributed by atoms with Gasteiger partial charge in [-0.25, -0.2) is 0 Å². The van der Waals surface area contributed by atoms with E-state index in [9.17, 15) is 14.9 Å². The standard InChI is InChI=1S/C44H55N5O4/c1-28-29(2)41(50)46(6)25-36(28)32-20-38(52-7)37(39(21-32)53-8)26-47-18-19-48(44(27-47)15-16-44)24-31-10-9-11-35-34(31)14-17-49(40(35)30-12-13-30)42(51)33(23-45)22-43(3,4)5/h9-11,20-22,25,30,40H,12-19,24,26-27H2,1-8H3/b33-22+/t40-/m0/s1. The number of aryl methyl sites for hydroxylation is 1. The molecule has 3 aromatic rings. The first kappa shape index (κ1) is 36.9. The van der Waals surface area contributed by atoms with Gasteiger partial charge in [-0.3, -0.25) is 19.4 Å². The zero-order valence-electron chi connectivity index (χ0n) is 32.8. The van der Waals surface area contributed by atoms with E-state index in [4.69, 9.17) is 9.47 Å². The van der Waals surface area contributed by atoms with E-state index in [2.05, 4.69) is 46.2 Å². The molecule has 3 fully saturated rings.